The van der Waals surface area contributed by atoms with E-state index >= 15 is 0 Å². The Morgan fingerprint density at radius 3 is 2.59 bits per heavy atom. The summed E-state index contributed by atoms with van der Waals surface area (Å²) in [6.45, 7) is 6.03. The van der Waals surface area contributed by atoms with Gasteiger partial charge in [0.25, 0.3) is 0 Å². The quantitative estimate of drug-likeness (QED) is 0.879. The predicted molar refractivity (Wildman–Crippen MR) is 68.7 cm³/mol. The molecule has 17 heavy (non-hydrogen) atoms. The van der Waals surface area contributed by atoms with Crippen LogP contribution in [0.3, 0.4) is 0 Å². The Morgan fingerprint density at radius 1 is 1.24 bits per heavy atom. The van der Waals surface area contributed by atoms with E-state index in [0.717, 1.165) is 35.5 Å². The summed E-state index contributed by atoms with van der Waals surface area (Å²) < 4.78 is 1.83. The van der Waals surface area contributed by atoms with Crippen LogP contribution in [0.4, 0.5) is 0 Å². The first-order chi connectivity index (χ1) is 8.15. The summed E-state index contributed by atoms with van der Waals surface area (Å²) in [5.74, 6) is 0.329. The highest BCUT2D eigenvalue weighted by Crippen LogP contribution is 2.26. The molecule has 0 fully saturated rings. The van der Waals surface area contributed by atoms with E-state index in [0.29, 0.717) is 5.75 Å². The molecule has 3 nitrogen and oxygen atoms in total. The Balaban J connectivity index is 2.53. The number of aryl methyl sites for hydroxylation is 2. The molecule has 1 heterocycles. The van der Waals surface area contributed by atoms with Crippen LogP contribution in [0.5, 0.6) is 5.75 Å². The fraction of sp³-hybridized carbons (Fsp3) is 0.357. The molecule has 1 aromatic heterocycles. The number of para-hydroxylation sites is 1. The number of aromatic nitrogens is 2. The van der Waals surface area contributed by atoms with Crippen molar-refractivity contribution in [1.82, 2.24) is 9.78 Å². The van der Waals surface area contributed by atoms with Gasteiger partial charge in [-0.25, -0.2) is 4.68 Å². The molecule has 0 aliphatic rings. The Kier molecular flexibility index (Phi) is 3.18. The van der Waals surface area contributed by atoms with Crippen molar-refractivity contribution in [2.45, 2.75) is 33.6 Å². The molecule has 1 aromatic carbocycles. The second kappa shape index (κ2) is 4.62. The third kappa shape index (κ3) is 2.05. The van der Waals surface area contributed by atoms with Crippen LogP contribution in [0.2, 0.25) is 0 Å². The monoisotopic (exact) mass is 230 g/mol. The highest BCUT2D eigenvalue weighted by atomic mass is 16.3. The lowest BCUT2D eigenvalue weighted by Gasteiger charge is -2.07. The van der Waals surface area contributed by atoms with Gasteiger partial charge >= 0.3 is 0 Å². The molecular weight excluding hydrogens is 212 g/mol. The summed E-state index contributed by atoms with van der Waals surface area (Å²) in [6, 6.07) is 8.06. The van der Waals surface area contributed by atoms with Crippen LogP contribution in [0.25, 0.3) is 5.69 Å². The number of hydrogen-bond acceptors (Lipinski definition) is 2. The van der Waals surface area contributed by atoms with E-state index in [1.54, 1.807) is 0 Å². The summed E-state index contributed by atoms with van der Waals surface area (Å²) in [5.41, 5.74) is 3.78. The van der Waals surface area contributed by atoms with Gasteiger partial charge in [-0.3, -0.25) is 0 Å². The summed E-state index contributed by atoms with van der Waals surface area (Å²) in [7, 11) is 0. The fourth-order valence-corrected chi connectivity index (χ4v) is 1.99. The Morgan fingerprint density at radius 2 is 1.94 bits per heavy atom. The van der Waals surface area contributed by atoms with Gasteiger partial charge in [0.05, 0.1) is 11.4 Å². The molecule has 90 valence electrons. The zero-order valence-corrected chi connectivity index (χ0v) is 10.6. The molecule has 0 atom stereocenters. The first-order valence-corrected chi connectivity index (χ1v) is 5.98. The number of hydrogen-bond donors (Lipinski definition) is 1. The standard InChI is InChI=1S/C14H18N2O/c1-4-7-12-14(17)11(3)16(15-12)13-9-6-5-8-10(13)2/h5-6,8-9,17H,4,7H2,1-3H3. The van der Waals surface area contributed by atoms with Gasteiger partial charge < -0.3 is 5.11 Å². The maximum absolute atomic E-state index is 10.0. The van der Waals surface area contributed by atoms with Crippen LogP contribution >= 0.6 is 0 Å². The van der Waals surface area contributed by atoms with Gasteiger partial charge in [0.15, 0.2) is 5.75 Å². The fourth-order valence-electron chi connectivity index (χ4n) is 1.99. The minimum absolute atomic E-state index is 0.329. The van der Waals surface area contributed by atoms with Gasteiger partial charge in [-0.15, -0.1) is 0 Å². The van der Waals surface area contributed by atoms with E-state index in [4.69, 9.17) is 0 Å². The zero-order chi connectivity index (χ0) is 12.4. The SMILES string of the molecule is CCCc1nn(-c2ccccc2C)c(C)c1O. The lowest BCUT2D eigenvalue weighted by atomic mass is 10.2. The van der Waals surface area contributed by atoms with Crippen LogP contribution < -0.4 is 0 Å². The first kappa shape index (κ1) is 11.7. The molecule has 0 radical (unpaired) electrons. The van der Waals surface area contributed by atoms with E-state index in [1.807, 2.05) is 42.8 Å². The van der Waals surface area contributed by atoms with E-state index in [1.165, 1.54) is 0 Å². The Hall–Kier alpha value is -1.77. The van der Waals surface area contributed by atoms with Crippen molar-refractivity contribution in [3.63, 3.8) is 0 Å². The molecule has 2 rings (SSSR count). The topological polar surface area (TPSA) is 38.0 Å². The minimum atomic E-state index is 0.329. The number of rotatable bonds is 3. The largest absolute Gasteiger partial charge is 0.504 e. The van der Waals surface area contributed by atoms with E-state index in [9.17, 15) is 5.11 Å². The number of nitrogens with zero attached hydrogens (tertiary/aromatic N) is 2. The molecule has 0 amide bonds. The van der Waals surface area contributed by atoms with Gasteiger partial charge in [-0.05, 0) is 31.9 Å². The van der Waals surface area contributed by atoms with Crippen molar-refractivity contribution in [2.75, 3.05) is 0 Å². The Bertz CT molecular complexity index is 529. The van der Waals surface area contributed by atoms with Gasteiger partial charge in [-0.2, -0.15) is 5.10 Å². The number of benzene rings is 1. The molecule has 0 saturated heterocycles. The molecule has 0 spiro atoms. The maximum atomic E-state index is 10.0. The molecule has 0 saturated carbocycles. The lowest BCUT2D eigenvalue weighted by molar-refractivity contribution is 0.463. The van der Waals surface area contributed by atoms with Crippen molar-refractivity contribution in [3.8, 4) is 11.4 Å². The van der Waals surface area contributed by atoms with Gasteiger partial charge in [0.1, 0.15) is 5.69 Å². The number of aromatic hydroxyl groups is 1. The van der Waals surface area contributed by atoms with Crippen LogP contribution in [0, 0.1) is 13.8 Å². The van der Waals surface area contributed by atoms with E-state index in [-0.39, 0.29) is 0 Å². The highest BCUT2D eigenvalue weighted by Gasteiger charge is 2.14. The van der Waals surface area contributed by atoms with Crippen molar-refractivity contribution >= 4 is 0 Å². The van der Waals surface area contributed by atoms with Crippen molar-refractivity contribution in [2.24, 2.45) is 0 Å². The normalized spacial score (nSPS) is 10.8. The van der Waals surface area contributed by atoms with Crippen LogP contribution in [-0.4, -0.2) is 14.9 Å². The third-order valence-electron chi connectivity index (χ3n) is 2.98. The van der Waals surface area contributed by atoms with Crippen molar-refractivity contribution in [1.29, 1.82) is 0 Å². The summed E-state index contributed by atoms with van der Waals surface area (Å²) in [5, 5.41) is 14.5. The zero-order valence-electron chi connectivity index (χ0n) is 10.6. The molecule has 1 N–H and O–H groups in total. The third-order valence-corrected chi connectivity index (χ3v) is 2.98. The maximum Gasteiger partial charge on any atom is 0.160 e. The van der Waals surface area contributed by atoms with E-state index in [2.05, 4.69) is 12.0 Å². The smallest absolute Gasteiger partial charge is 0.160 e. The van der Waals surface area contributed by atoms with Crippen LogP contribution in [0.15, 0.2) is 24.3 Å². The molecule has 0 aliphatic carbocycles. The molecular formula is C14H18N2O. The predicted octanol–water partition coefficient (Wildman–Crippen LogP) is 3.15. The Labute approximate surface area is 102 Å². The van der Waals surface area contributed by atoms with E-state index < -0.39 is 0 Å². The molecule has 0 bridgehead atoms. The summed E-state index contributed by atoms with van der Waals surface area (Å²) in [4.78, 5) is 0. The van der Waals surface area contributed by atoms with Crippen LogP contribution in [-0.2, 0) is 6.42 Å². The van der Waals surface area contributed by atoms with Gasteiger partial charge in [-0.1, -0.05) is 31.5 Å². The average molecular weight is 230 g/mol. The second-order valence-corrected chi connectivity index (χ2v) is 4.33. The van der Waals surface area contributed by atoms with Gasteiger partial charge in [0, 0.05) is 0 Å². The van der Waals surface area contributed by atoms with Gasteiger partial charge in [0.2, 0.25) is 0 Å². The second-order valence-electron chi connectivity index (χ2n) is 4.33. The first-order valence-electron chi connectivity index (χ1n) is 5.98. The van der Waals surface area contributed by atoms with Crippen molar-refractivity contribution < 1.29 is 5.11 Å². The molecule has 0 unspecified atom stereocenters. The average Bonchev–Trinajstić information content (AvgIpc) is 2.59. The summed E-state index contributed by atoms with van der Waals surface area (Å²) in [6.07, 6.45) is 1.79. The van der Waals surface area contributed by atoms with Crippen molar-refractivity contribution in [3.05, 3.63) is 41.2 Å². The summed E-state index contributed by atoms with van der Waals surface area (Å²) >= 11 is 0. The van der Waals surface area contributed by atoms with Crippen LogP contribution in [0.1, 0.15) is 30.3 Å². The molecule has 2 aromatic rings. The molecule has 0 aliphatic heterocycles. The molecule has 3 heteroatoms. The lowest BCUT2D eigenvalue weighted by Crippen LogP contribution is -2.01. The minimum Gasteiger partial charge on any atom is -0.504 e. The highest BCUT2D eigenvalue weighted by molar-refractivity contribution is 5.44.